The quantitative estimate of drug-likeness (QED) is 0.341. The summed E-state index contributed by atoms with van der Waals surface area (Å²) >= 11 is 0. The van der Waals surface area contributed by atoms with Gasteiger partial charge in [0.25, 0.3) is 0 Å². The highest BCUT2D eigenvalue weighted by atomic mass is 16.5. The van der Waals surface area contributed by atoms with Gasteiger partial charge in [0.05, 0.1) is 36.0 Å². The highest BCUT2D eigenvalue weighted by molar-refractivity contribution is 5.90. The Morgan fingerprint density at radius 2 is 1.87 bits per heavy atom. The number of aliphatic hydroxyl groups is 1. The molecule has 7 rings (SSSR count). The van der Waals surface area contributed by atoms with Gasteiger partial charge in [-0.1, -0.05) is 25.5 Å². The zero-order valence-corrected chi connectivity index (χ0v) is 21.9. The van der Waals surface area contributed by atoms with Crippen LogP contribution in [0.3, 0.4) is 0 Å². The van der Waals surface area contributed by atoms with Crippen LogP contribution in [0.25, 0.3) is 21.7 Å². The summed E-state index contributed by atoms with van der Waals surface area (Å²) in [6.45, 7) is 4.55. The van der Waals surface area contributed by atoms with E-state index in [1.807, 2.05) is 42.6 Å². The van der Waals surface area contributed by atoms with Crippen molar-refractivity contribution in [3.63, 3.8) is 0 Å². The van der Waals surface area contributed by atoms with Gasteiger partial charge in [0.2, 0.25) is 11.8 Å². The van der Waals surface area contributed by atoms with Crippen LogP contribution in [0.15, 0.2) is 54.7 Å². The Hall–Kier alpha value is -3.49. The summed E-state index contributed by atoms with van der Waals surface area (Å²) in [5.74, 6) is 3.09. The SMILES string of the molecule is CC[C@H]1CN2CC[C@H]1C[C@H]2[C@H](Oc1nnc(OCCO)c2ccccc12)c1ccnc2ccc(OC)cc12. The Kier molecular flexibility index (Phi) is 7.00. The molecule has 38 heavy (non-hydrogen) atoms. The molecule has 8 heteroatoms. The lowest BCUT2D eigenvalue weighted by atomic mass is 9.72. The van der Waals surface area contributed by atoms with Crippen LogP contribution < -0.4 is 14.2 Å². The van der Waals surface area contributed by atoms with Gasteiger partial charge in [-0.25, -0.2) is 0 Å². The Morgan fingerprint density at radius 3 is 2.61 bits per heavy atom. The molecule has 198 valence electrons. The maximum absolute atomic E-state index is 9.24. The molecule has 0 aliphatic carbocycles. The second-order valence-electron chi connectivity index (χ2n) is 10.3. The van der Waals surface area contributed by atoms with Crippen LogP contribution in [0.1, 0.15) is 37.9 Å². The van der Waals surface area contributed by atoms with E-state index in [1.165, 1.54) is 12.8 Å². The lowest BCUT2D eigenvalue weighted by Gasteiger charge is -2.51. The predicted molar refractivity (Wildman–Crippen MR) is 146 cm³/mol. The predicted octanol–water partition coefficient (Wildman–Crippen LogP) is 4.80. The first-order valence-electron chi connectivity index (χ1n) is 13.5. The normalized spacial score (nSPS) is 23.4. The van der Waals surface area contributed by atoms with Gasteiger partial charge in [-0.3, -0.25) is 9.88 Å². The van der Waals surface area contributed by atoms with Gasteiger partial charge in [0, 0.05) is 23.7 Å². The molecule has 1 N–H and O–H groups in total. The lowest BCUT2D eigenvalue weighted by Crippen LogP contribution is -2.56. The minimum absolute atomic E-state index is 0.0909. The number of piperidine rings is 3. The number of pyridine rings is 1. The summed E-state index contributed by atoms with van der Waals surface area (Å²) in [6.07, 6.45) is 5.13. The molecule has 2 bridgehead atoms. The molecule has 2 aromatic carbocycles. The standard InChI is InChI=1S/C30H34N4O4/c1-3-19-18-34-13-11-20(19)16-27(34)28(22-10-12-31-26-9-8-21(36-2)17-25(22)26)38-30-24-7-5-4-6-23(24)29(32-33-30)37-15-14-35/h4-10,12,17,19-20,27-28,35H,3,11,13-16,18H2,1-2H3/t19-,20-,27-,28+/m0/s1. The molecule has 0 amide bonds. The van der Waals surface area contributed by atoms with Gasteiger partial charge in [0.15, 0.2) is 0 Å². The van der Waals surface area contributed by atoms with E-state index in [2.05, 4.69) is 39.1 Å². The fraction of sp³-hybridized carbons (Fsp3) is 0.433. The maximum Gasteiger partial charge on any atom is 0.242 e. The highest BCUT2D eigenvalue weighted by Crippen LogP contribution is 2.45. The third-order valence-corrected chi connectivity index (χ3v) is 8.29. The number of fused-ring (bicyclic) bond motifs is 5. The van der Waals surface area contributed by atoms with Crippen molar-refractivity contribution in [1.29, 1.82) is 0 Å². The first-order valence-corrected chi connectivity index (χ1v) is 13.5. The number of benzene rings is 2. The number of hydrogen-bond donors (Lipinski definition) is 1. The first-order chi connectivity index (χ1) is 18.7. The molecule has 8 nitrogen and oxygen atoms in total. The number of aliphatic hydroxyl groups excluding tert-OH is 1. The van der Waals surface area contributed by atoms with Crippen LogP contribution in [0, 0.1) is 11.8 Å². The van der Waals surface area contributed by atoms with Gasteiger partial charge in [0.1, 0.15) is 18.5 Å². The van der Waals surface area contributed by atoms with Crippen LogP contribution in [-0.4, -0.2) is 64.6 Å². The van der Waals surface area contributed by atoms with Gasteiger partial charge in [-0.2, -0.15) is 0 Å². The number of methoxy groups -OCH3 is 1. The zero-order chi connectivity index (χ0) is 26.1. The van der Waals surface area contributed by atoms with Gasteiger partial charge < -0.3 is 19.3 Å². The van der Waals surface area contributed by atoms with E-state index in [4.69, 9.17) is 14.2 Å². The van der Waals surface area contributed by atoms with Crippen LogP contribution >= 0.6 is 0 Å². The summed E-state index contributed by atoms with van der Waals surface area (Å²) in [6, 6.07) is 16.1. The summed E-state index contributed by atoms with van der Waals surface area (Å²) in [4.78, 5) is 7.24. The van der Waals surface area contributed by atoms with Crippen molar-refractivity contribution in [2.75, 3.05) is 33.4 Å². The lowest BCUT2D eigenvalue weighted by molar-refractivity contribution is -0.0491. The fourth-order valence-electron chi connectivity index (χ4n) is 6.34. The minimum Gasteiger partial charge on any atom is -0.497 e. The van der Waals surface area contributed by atoms with E-state index >= 15 is 0 Å². The van der Waals surface area contributed by atoms with E-state index in [-0.39, 0.29) is 25.4 Å². The number of rotatable bonds is 9. The molecule has 2 aromatic heterocycles. The number of nitrogens with zero attached hydrogens (tertiary/aromatic N) is 4. The molecule has 3 fully saturated rings. The minimum atomic E-state index is -0.268. The summed E-state index contributed by atoms with van der Waals surface area (Å²) in [7, 11) is 1.68. The van der Waals surface area contributed by atoms with Gasteiger partial charge in [-0.15, -0.1) is 10.2 Å². The van der Waals surface area contributed by atoms with E-state index in [9.17, 15) is 5.11 Å². The Morgan fingerprint density at radius 1 is 1.05 bits per heavy atom. The van der Waals surface area contributed by atoms with E-state index in [1.54, 1.807) is 7.11 Å². The summed E-state index contributed by atoms with van der Waals surface area (Å²) in [5, 5.41) is 20.7. The average Bonchev–Trinajstić information content (AvgIpc) is 2.98. The molecule has 5 atom stereocenters. The summed E-state index contributed by atoms with van der Waals surface area (Å²) in [5.41, 5.74) is 1.98. The molecular formula is C30H34N4O4. The molecular weight excluding hydrogens is 480 g/mol. The zero-order valence-electron chi connectivity index (χ0n) is 21.9. The molecule has 3 aliphatic heterocycles. The van der Waals surface area contributed by atoms with Crippen molar-refractivity contribution in [2.45, 2.75) is 38.3 Å². The topological polar surface area (TPSA) is 89.8 Å². The van der Waals surface area contributed by atoms with Crippen molar-refractivity contribution in [1.82, 2.24) is 20.1 Å². The Balaban J connectivity index is 1.46. The molecule has 3 saturated heterocycles. The molecule has 0 saturated carbocycles. The molecule has 1 unspecified atom stereocenters. The Labute approximate surface area is 222 Å². The third kappa shape index (κ3) is 4.52. The van der Waals surface area contributed by atoms with Gasteiger partial charge in [-0.05, 0) is 67.6 Å². The van der Waals surface area contributed by atoms with Crippen molar-refractivity contribution in [2.24, 2.45) is 11.8 Å². The monoisotopic (exact) mass is 514 g/mol. The highest BCUT2D eigenvalue weighted by Gasteiger charge is 2.44. The molecule has 5 heterocycles. The van der Waals surface area contributed by atoms with Crippen molar-refractivity contribution < 1.29 is 19.3 Å². The van der Waals surface area contributed by atoms with E-state index in [0.717, 1.165) is 58.4 Å². The molecule has 3 aliphatic rings. The van der Waals surface area contributed by atoms with E-state index < -0.39 is 0 Å². The second kappa shape index (κ2) is 10.7. The largest absolute Gasteiger partial charge is 0.497 e. The average molecular weight is 515 g/mol. The van der Waals surface area contributed by atoms with E-state index in [0.29, 0.717) is 17.7 Å². The Bertz CT molecular complexity index is 1430. The fourth-order valence-corrected chi connectivity index (χ4v) is 6.34. The number of aromatic nitrogens is 3. The van der Waals surface area contributed by atoms with Crippen molar-refractivity contribution in [3.05, 3.63) is 60.3 Å². The number of ether oxygens (including phenoxy) is 3. The molecule has 4 aromatic rings. The second-order valence-corrected chi connectivity index (χ2v) is 10.3. The van der Waals surface area contributed by atoms with Crippen LogP contribution in [0.2, 0.25) is 0 Å². The van der Waals surface area contributed by atoms with Crippen LogP contribution in [0.4, 0.5) is 0 Å². The maximum atomic E-state index is 9.24. The third-order valence-electron chi connectivity index (χ3n) is 8.29. The van der Waals surface area contributed by atoms with Crippen LogP contribution in [-0.2, 0) is 0 Å². The molecule has 0 spiro atoms. The molecule has 0 radical (unpaired) electrons. The summed E-state index contributed by atoms with van der Waals surface area (Å²) < 4.78 is 18.2. The van der Waals surface area contributed by atoms with Crippen LogP contribution in [0.5, 0.6) is 17.5 Å². The number of hydrogen-bond acceptors (Lipinski definition) is 8. The van der Waals surface area contributed by atoms with Crippen molar-refractivity contribution in [3.8, 4) is 17.5 Å². The smallest absolute Gasteiger partial charge is 0.242 e. The first kappa shape index (κ1) is 24.8. The van der Waals surface area contributed by atoms with Crippen molar-refractivity contribution >= 4 is 21.7 Å². The van der Waals surface area contributed by atoms with Gasteiger partial charge >= 0.3 is 0 Å².